The molecule has 0 saturated carbocycles. The van der Waals surface area contributed by atoms with Crippen LogP contribution in [0.2, 0.25) is 0 Å². The van der Waals surface area contributed by atoms with Gasteiger partial charge in [-0.2, -0.15) is 0 Å². The molecule has 1 atom stereocenters. The second kappa shape index (κ2) is 3.20. The normalized spacial score (nSPS) is 26.7. The van der Waals surface area contributed by atoms with Crippen molar-refractivity contribution in [3.63, 3.8) is 0 Å². The molecular formula is C9H17N. The zero-order valence-electron chi connectivity index (χ0n) is 7.20. The summed E-state index contributed by atoms with van der Waals surface area (Å²) in [6, 6.07) is 0.725. The van der Waals surface area contributed by atoms with Gasteiger partial charge in [-0.3, -0.25) is 0 Å². The molecule has 1 fully saturated rings. The quantitative estimate of drug-likeness (QED) is 0.507. The van der Waals surface area contributed by atoms with Crippen molar-refractivity contribution in [2.45, 2.75) is 39.7 Å². The van der Waals surface area contributed by atoms with Crippen LogP contribution < -0.4 is 5.32 Å². The Kier molecular flexibility index (Phi) is 2.50. The summed E-state index contributed by atoms with van der Waals surface area (Å²) in [4.78, 5) is 0. The molecule has 1 rings (SSSR count). The lowest BCUT2D eigenvalue weighted by Gasteiger charge is -2.23. The van der Waals surface area contributed by atoms with Crippen molar-refractivity contribution in [1.82, 2.24) is 5.32 Å². The molecular weight excluding hydrogens is 122 g/mol. The van der Waals surface area contributed by atoms with E-state index in [-0.39, 0.29) is 0 Å². The highest BCUT2D eigenvalue weighted by molar-refractivity contribution is 5.13. The number of piperidine rings is 1. The van der Waals surface area contributed by atoms with Crippen LogP contribution in [0.25, 0.3) is 0 Å². The number of rotatable bonds is 0. The van der Waals surface area contributed by atoms with Gasteiger partial charge < -0.3 is 5.32 Å². The molecule has 10 heavy (non-hydrogen) atoms. The first-order chi connectivity index (χ1) is 4.70. The van der Waals surface area contributed by atoms with Gasteiger partial charge in [-0.05, 0) is 33.6 Å². The molecule has 1 nitrogen and oxygen atoms in total. The van der Waals surface area contributed by atoms with E-state index in [0.717, 1.165) is 12.6 Å². The highest BCUT2D eigenvalue weighted by atomic mass is 14.9. The van der Waals surface area contributed by atoms with Crippen molar-refractivity contribution in [2.24, 2.45) is 0 Å². The van der Waals surface area contributed by atoms with Crippen molar-refractivity contribution in [3.05, 3.63) is 11.1 Å². The largest absolute Gasteiger partial charge is 0.311 e. The van der Waals surface area contributed by atoms with Crippen molar-refractivity contribution in [3.8, 4) is 0 Å². The Morgan fingerprint density at radius 1 is 1.50 bits per heavy atom. The zero-order chi connectivity index (χ0) is 7.56. The number of nitrogens with one attached hydrogen (secondary N) is 1. The minimum absolute atomic E-state index is 0.725. The molecule has 0 spiro atoms. The van der Waals surface area contributed by atoms with Crippen LogP contribution >= 0.6 is 0 Å². The molecule has 1 unspecified atom stereocenters. The molecule has 1 aliphatic rings. The van der Waals surface area contributed by atoms with E-state index in [4.69, 9.17) is 0 Å². The lowest BCUT2D eigenvalue weighted by atomic mass is 9.98. The van der Waals surface area contributed by atoms with E-state index in [0.29, 0.717) is 0 Å². The second-order valence-corrected chi connectivity index (χ2v) is 3.42. The minimum Gasteiger partial charge on any atom is -0.311 e. The summed E-state index contributed by atoms with van der Waals surface area (Å²) in [6.45, 7) is 7.77. The fourth-order valence-corrected chi connectivity index (χ4v) is 1.31. The SMILES string of the molecule is CC(C)=C1CCC(C)NC1. The summed E-state index contributed by atoms with van der Waals surface area (Å²) in [7, 11) is 0. The van der Waals surface area contributed by atoms with E-state index in [1.165, 1.54) is 18.4 Å². The van der Waals surface area contributed by atoms with Gasteiger partial charge in [0.15, 0.2) is 0 Å². The van der Waals surface area contributed by atoms with Crippen LogP contribution in [0.15, 0.2) is 11.1 Å². The Morgan fingerprint density at radius 3 is 2.60 bits per heavy atom. The molecule has 0 aromatic heterocycles. The lowest BCUT2D eigenvalue weighted by Crippen LogP contribution is -2.32. The Bertz CT molecular complexity index is 133. The molecule has 0 aromatic rings. The van der Waals surface area contributed by atoms with Crippen LogP contribution in [0.1, 0.15) is 33.6 Å². The van der Waals surface area contributed by atoms with E-state index in [9.17, 15) is 0 Å². The van der Waals surface area contributed by atoms with Gasteiger partial charge in [0.2, 0.25) is 0 Å². The lowest BCUT2D eigenvalue weighted by molar-refractivity contribution is 0.484. The maximum atomic E-state index is 3.46. The first-order valence-electron chi connectivity index (χ1n) is 4.08. The van der Waals surface area contributed by atoms with Gasteiger partial charge in [-0.25, -0.2) is 0 Å². The molecule has 0 amide bonds. The molecule has 0 radical (unpaired) electrons. The Morgan fingerprint density at radius 2 is 2.20 bits per heavy atom. The van der Waals surface area contributed by atoms with E-state index in [1.807, 2.05) is 0 Å². The van der Waals surface area contributed by atoms with Crippen LogP contribution in [-0.2, 0) is 0 Å². The van der Waals surface area contributed by atoms with E-state index in [2.05, 4.69) is 26.1 Å². The van der Waals surface area contributed by atoms with Crippen LogP contribution in [-0.4, -0.2) is 12.6 Å². The Labute approximate surface area is 63.5 Å². The summed E-state index contributed by atoms with van der Waals surface area (Å²) in [6.07, 6.45) is 2.61. The average Bonchev–Trinajstić information content (AvgIpc) is 1.88. The maximum absolute atomic E-state index is 3.46. The minimum atomic E-state index is 0.725. The van der Waals surface area contributed by atoms with Crippen LogP contribution in [0.3, 0.4) is 0 Å². The van der Waals surface area contributed by atoms with Gasteiger partial charge in [-0.1, -0.05) is 11.1 Å². The van der Waals surface area contributed by atoms with Crippen molar-refractivity contribution in [2.75, 3.05) is 6.54 Å². The highest BCUT2D eigenvalue weighted by Gasteiger charge is 2.10. The summed E-state index contributed by atoms with van der Waals surface area (Å²) in [5.74, 6) is 0. The topological polar surface area (TPSA) is 12.0 Å². The van der Waals surface area contributed by atoms with Gasteiger partial charge in [0, 0.05) is 12.6 Å². The first-order valence-corrected chi connectivity index (χ1v) is 4.08. The standard InChI is InChI=1S/C9H17N/c1-7(2)9-5-4-8(3)10-6-9/h8,10H,4-6H2,1-3H3. The van der Waals surface area contributed by atoms with E-state index < -0.39 is 0 Å². The van der Waals surface area contributed by atoms with E-state index in [1.54, 1.807) is 5.57 Å². The van der Waals surface area contributed by atoms with E-state index >= 15 is 0 Å². The number of hydrogen-bond acceptors (Lipinski definition) is 1. The predicted octanol–water partition coefficient (Wildman–Crippen LogP) is 2.09. The summed E-state index contributed by atoms with van der Waals surface area (Å²) < 4.78 is 0. The van der Waals surface area contributed by atoms with Crippen molar-refractivity contribution >= 4 is 0 Å². The molecule has 1 saturated heterocycles. The third kappa shape index (κ3) is 1.84. The molecule has 0 aliphatic carbocycles. The highest BCUT2D eigenvalue weighted by Crippen LogP contribution is 2.15. The monoisotopic (exact) mass is 139 g/mol. The van der Waals surface area contributed by atoms with Gasteiger partial charge in [0.25, 0.3) is 0 Å². The number of allylic oxidation sites excluding steroid dienone is 1. The maximum Gasteiger partial charge on any atom is 0.0169 e. The molecule has 0 aromatic carbocycles. The van der Waals surface area contributed by atoms with Crippen molar-refractivity contribution < 1.29 is 0 Å². The molecule has 1 heteroatoms. The van der Waals surface area contributed by atoms with Gasteiger partial charge in [-0.15, -0.1) is 0 Å². The molecule has 1 N–H and O–H groups in total. The van der Waals surface area contributed by atoms with Crippen LogP contribution in [0.4, 0.5) is 0 Å². The van der Waals surface area contributed by atoms with Gasteiger partial charge in [0.1, 0.15) is 0 Å². The van der Waals surface area contributed by atoms with Gasteiger partial charge in [0.05, 0.1) is 0 Å². The fraction of sp³-hybridized carbons (Fsp3) is 0.778. The molecule has 0 bridgehead atoms. The molecule has 1 heterocycles. The van der Waals surface area contributed by atoms with Gasteiger partial charge >= 0.3 is 0 Å². The third-order valence-electron chi connectivity index (χ3n) is 2.25. The summed E-state index contributed by atoms with van der Waals surface area (Å²) in [5.41, 5.74) is 3.11. The van der Waals surface area contributed by atoms with Crippen molar-refractivity contribution in [1.29, 1.82) is 0 Å². The van der Waals surface area contributed by atoms with Crippen LogP contribution in [0.5, 0.6) is 0 Å². The average molecular weight is 139 g/mol. The Balaban J connectivity index is 2.48. The first kappa shape index (κ1) is 7.80. The third-order valence-corrected chi connectivity index (χ3v) is 2.25. The number of hydrogen-bond donors (Lipinski definition) is 1. The zero-order valence-corrected chi connectivity index (χ0v) is 7.20. The second-order valence-electron chi connectivity index (χ2n) is 3.42. The molecule has 1 aliphatic heterocycles. The summed E-state index contributed by atoms with van der Waals surface area (Å²) >= 11 is 0. The smallest absolute Gasteiger partial charge is 0.0169 e. The Hall–Kier alpha value is -0.300. The molecule has 58 valence electrons. The predicted molar refractivity (Wildman–Crippen MR) is 45.1 cm³/mol. The summed E-state index contributed by atoms with van der Waals surface area (Å²) in [5, 5.41) is 3.46. The van der Waals surface area contributed by atoms with Crippen LogP contribution in [0, 0.1) is 0 Å². The fourth-order valence-electron chi connectivity index (χ4n) is 1.31.